The zero-order chi connectivity index (χ0) is 18.3. The van der Waals surface area contributed by atoms with E-state index in [0.29, 0.717) is 17.2 Å². The summed E-state index contributed by atoms with van der Waals surface area (Å²) in [5.74, 6) is 1.05. The van der Waals surface area contributed by atoms with E-state index in [0.717, 1.165) is 15.9 Å². The molecule has 26 heavy (non-hydrogen) atoms. The summed E-state index contributed by atoms with van der Waals surface area (Å²) in [5.41, 5.74) is 0.677. The van der Waals surface area contributed by atoms with Gasteiger partial charge in [0.05, 0.1) is 10.2 Å². The first kappa shape index (κ1) is 16.6. The van der Waals surface area contributed by atoms with Crippen LogP contribution in [-0.4, -0.2) is 25.3 Å². The molecule has 6 nitrogen and oxygen atoms in total. The number of benzene rings is 1. The fraction of sp³-hybridized carbons (Fsp3) is 0.167. The van der Waals surface area contributed by atoms with Gasteiger partial charge in [0.25, 0.3) is 0 Å². The van der Waals surface area contributed by atoms with Gasteiger partial charge in [0.1, 0.15) is 11.4 Å². The Bertz CT molecular complexity index is 1070. The van der Waals surface area contributed by atoms with Crippen LogP contribution in [0.1, 0.15) is 24.0 Å². The molecule has 0 aliphatic rings. The number of hydrogen-bond donors (Lipinski definition) is 3. The molecule has 0 radical (unpaired) electrons. The minimum Gasteiger partial charge on any atom is -0.377 e. The van der Waals surface area contributed by atoms with Crippen LogP contribution < -0.4 is 5.32 Å². The van der Waals surface area contributed by atoms with Gasteiger partial charge in [-0.2, -0.15) is 5.10 Å². The lowest BCUT2D eigenvalue weighted by Crippen LogP contribution is -2.26. The third-order valence-corrected chi connectivity index (χ3v) is 5.01. The molecule has 0 bridgehead atoms. The predicted octanol–water partition coefficient (Wildman–Crippen LogP) is 3.86. The lowest BCUT2D eigenvalue weighted by molar-refractivity contribution is 0.0927. The topological polar surface area (TPSA) is 86.7 Å². The maximum absolute atomic E-state index is 13.2. The number of aliphatic hydroxyl groups is 1. The molecular weight excluding hydrogens is 353 g/mol. The van der Waals surface area contributed by atoms with E-state index in [2.05, 4.69) is 25.5 Å². The first-order valence-electron chi connectivity index (χ1n) is 7.96. The highest BCUT2D eigenvalue weighted by Gasteiger charge is 2.30. The van der Waals surface area contributed by atoms with E-state index >= 15 is 0 Å². The number of hydrogen-bond acceptors (Lipinski definition) is 6. The van der Waals surface area contributed by atoms with E-state index < -0.39 is 5.60 Å². The summed E-state index contributed by atoms with van der Waals surface area (Å²) in [5, 5.41) is 23.2. The molecule has 4 aromatic rings. The number of thiophene rings is 1. The maximum atomic E-state index is 13.2. The Balaban J connectivity index is 1.81. The normalized spacial score (nSPS) is 13.7. The number of H-pyrrole nitrogens is 1. The summed E-state index contributed by atoms with van der Waals surface area (Å²) < 4.78 is 14.1. The average Bonchev–Trinajstić information content (AvgIpc) is 3.24. The van der Waals surface area contributed by atoms with Gasteiger partial charge in [-0.1, -0.05) is 12.1 Å². The molecule has 0 aliphatic carbocycles. The quantitative estimate of drug-likeness (QED) is 0.508. The molecule has 0 saturated carbocycles. The molecule has 1 unspecified atom stereocenters. The number of fused-ring (bicyclic) bond motifs is 1. The standard InChI is InChI=1S/C18H16FN5OS/c1-10-9-14(24-23-10)21-16-15-13(7-8-26-15)20-17(22-16)18(2,25)11-3-5-12(19)6-4-11/h3-9,25H,1-2H3,(H2,20,21,22,23,24). The van der Waals surface area contributed by atoms with Crippen LogP contribution in [0.3, 0.4) is 0 Å². The first-order valence-corrected chi connectivity index (χ1v) is 8.84. The third kappa shape index (κ3) is 2.93. The Morgan fingerprint density at radius 2 is 1.96 bits per heavy atom. The number of rotatable bonds is 4. The van der Waals surface area contributed by atoms with Crippen molar-refractivity contribution in [3.05, 3.63) is 64.7 Å². The molecule has 1 aromatic carbocycles. The molecule has 3 aromatic heterocycles. The second-order valence-electron chi connectivity index (χ2n) is 6.17. The minimum absolute atomic E-state index is 0.227. The van der Waals surface area contributed by atoms with Crippen LogP contribution in [0.25, 0.3) is 10.2 Å². The molecule has 3 N–H and O–H groups in total. The fourth-order valence-corrected chi connectivity index (χ4v) is 3.45. The summed E-state index contributed by atoms with van der Waals surface area (Å²) in [4.78, 5) is 9.04. The number of aromatic amines is 1. The lowest BCUT2D eigenvalue weighted by Gasteiger charge is -2.23. The van der Waals surface area contributed by atoms with Crippen molar-refractivity contribution in [1.29, 1.82) is 0 Å². The van der Waals surface area contributed by atoms with Crippen molar-refractivity contribution in [2.45, 2.75) is 19.4 Å². The number of aromatic nitrogens is 4. The second-order valence-corrected chi connectivity index (χ2v) is 7.09. The summed E-state index contributed by atoms with van der Waals surface area (Å²) in [6.07, 6.45) is 0. The molecule has 0 fully saturated rings. The largest absolute Gasteiger partial charge is 0.377 e. The van der Waals surface area contributed by atoms with Crippen molar-refractivity contribution in [1.82, 2.24) is 20.2 Å². The van der Waals surface area contributed by atoms with Crippen LogP contribution in [0.2, 0.25) is 0 Å². The molecule has 132 valence electrons. The molecule has 0 aliphatic heterocycles. The first-order chi connectivity index (χ1) is 12.4. The highest BCUT2D eigenvalue weighted by atomic mass is 32.1. The molecule has 4 rings (SSSR count). The molecule has 1 atom stereocenters. The Labute approximate surface area is 152 Å². The molecule has 8 heteroatoms. The van der Waals surface area contributed by atoms with Gasteiger partial charge in [0.2, 0.25) is 0 Å². The number of nitrogens with zero attached hydrogens (tertiary/aromatic N) is 3. The monoisotopic (exact) mass is 369 g/mol. The summed E-state index contributed by atoms with van der Waals surface area (Å²) in [7, 11) is 0. The van der Waals surface area contributed by atoms with Gasteiger partial charge in [-0.3, -0.25) is 5.10 Å². The van der Waals surface area contributed by atoms with Gasteiger partial charge in [0, 0.05) is 11.8 Å². The fourth-order valence-electron chi connectivity index (χ4n) is 2.67. The Kier molecular flexibility index (Phi) is 3.93. The average molecular weight is 369 g/mol. The number of anilines is 2. The molecule has 0 spiro atoms. The third-order valence-electron chi connectivity index (χ3n) is 4.10. The van der Waals surface area contributed by atoms with Crippen molar-refractivity contribution in [3.8, 4) is 0 Å². The van der Waals surface area contributed by atoms with Crippen LogP contribution >= 0.6 is 11.3 Å². The molecule has 0 amide bonds. The van der Waals surface area contributed by atoms with Crippen molar-refractivity contribution in [2.24, 2.45) is 0 Å². The molecule has 0 saturated heterocycles. The minimum atomic E-state index is -1.47. The van der Waals surface area contributed by atoms with E-state index in [4.69, 9.17) is 0 Å². The van der Waals surface area contributed by atoms with Crippen LogP contribution in [0.4, 0.5) is 16.0 Å². The summed E-state index contributed by atoms with van der Waals surface area (Å²) in [6, 6.07) is 9.39. The van der Waals surface area contributed by atoms with Crippen LogP contribution in [0.5, 0.6) is 0 Å². The van der Waals surface area contributed by atoms with E-state index in [9.17, 15) is 9.50 Å². The van der Waals surface area contributed by atoms with Gasteiger partial charge in [-0.05, 0) is 43.0 Å². The zero-order valence-electron chi connectivity index (χ0n) is 14.1. The van der Waals surface area contributed by atoms with Crippen LogP contribution in [0, 0.1) is 12.7 Å². The summed E-state index contributed by atoms with van der Waals surface area (Å²) in [6.45, 7) is 3.50. The van der Waals surface area contributed by atoms with Crippen molar-refractivity contribution < 1.29 is 9.50 Å². The van der Waals surface area contributed by atoms with Gasteiger partial charge < -0.3 is 10.4 Å². The van der Waals surface area contributed by atoms with Crippen molar-refractivity contribution >= 4 is 33.2 Å². The Hall–Kier alpha value is -2.84. The maximum Gasteiger partial charge on any atom is 0.167 e. The highest BCUT2D eigenvalue weighted by Crippen LogP contribution is 2.33. The van der Waals surface area contributed by atoms with Crippen molar-refractivity contribution in [3.63, 3.8) is 0 Å². The van der Waals surface area contributed by atoms with E-state index in [1.165, 1.54) is 35.6 Å². The Morgan fingerprint density at radius 1 is 1.19 bits per heavy atom. The van der Waals surface area contributed by atoms with E-state index in [1.807, 2.05) is 24.4 Å². The van der Waals surface area contributed by atoms with E-state index in [-0.39, 0.29) is 11.6 Å². The van der Waals surface area contributed by atoms with Gasteiger partial charge in [-0.15, -0.1) is 11.3 Å². The van der Waals surface area contributed by atoms with E-state index in [1.54, 1.807) is 6.92 Å². The van der Waals surface area contributed by atoms with Gasteiger partial charge in [-0.25, -0.2) is 14.4 Å². The van der Waals surface area contributed by atoms with Crippen LogP contribution in [0.15, 0.2) is 41.8 Å². The molecular formula is C18H16FN5OS. The number of halogens is 1. The van der Waals surface area contributed by atoms with Gasteiger partial charge >= 0.3 is 0 Å². The smallest absolute Gasteiger partial charge is 0.167 e. The SMILES string of the molecule is Cc1cc(Nc2nc(C(C)(O)c3ccc(F)cc3)nc3ccsc23)n[nH]1. The number of aryl methyl sites for hydroxylation is 1. The zero-order valence-corrected chi connectivity index (χ0v) is 14.9. The summed E-state index contributed by atoms with van der Waals surface area (Å²) >= 11 is 1.50. The predicted molar refractivity (Wildman–Crippen MR) is 99.1 cm³/mol. The Morgan fingerprint density at radius 3 is 2.65 bits per heavy atom. The van der Waals surface area contributed by atoms with Crippen LogP contribution in [-0.2, 0) is 5.60 Å². The van der Waals surface area contributed by atoms with Crippen molar-refractivity contribution in [2.75, 3.05) is 5.32 Å². The lowest BCUT2D eigenvalue weighted by atomic mass is 9.95. The highest BCUT2D eigenvalue weighted by molar-refractivity contribution is 7.17. The number of nitrogens with one attached hydrogen (secondary N) is 2. The second kappa shape index (κ2) is 6.15. The van der Waals surface area contributed by atoms with Gasteiger partial charge in [0.15, 0.2) is 17.5 Å². The molecule has 3 heterocycles.